The number of piperazine rings is 1. The summed E-state index contributed by atoms with van der Waals surface area (Å²) < 4.78 is 7.67. The Hall–Kier alpha value is -2.66. The van der Waals surface area contributed by atoms with Crippen molar-refractivity contribution in [1.29, 1.82) is 0 Å². The molecule has 1 aromatic carbocycles. The van der Waals surface area contributed by atoms with Crippen molar-refractivity contribution in [2.75, 3.05) is 38.5 Å². The highest BCUT2D eigenvalue weighted by Crippen LogP contribution is 2.22. The quantitative estimate of drug-likeness (QED) is 0.493. The molecule has 0 radical (unpaired) electrons. The van der Waals surface area contributed by atoms with Gasteiger partial charge in [0.1, 0.15) is 0 Å². The van der Waals surface area contributed by atoms with Crippen LogP contribution in [0, 0.1) is 0 Å². The molecule has 0 aliphatic carbocycles. The number of fused-ring (bicyclic) bond motifs is 1. The smallest absolute Gasteiger partial charge is 0.409 e. The van der Waals surface area contributed by atoms with Gasteiger partial charge in [-0.1, -0.05) is 39.8 Å². The molecule has 0 spiro atoms. The van der Waals surface area contributed by atoms with Gasteiger partial charge in [-0.2, -0.15) is 9.61 Å². The van der Waals surface area contributed by atoms with Crippen molar-refractivity contribution in [2.45, 2.75) is 12.1 Å². The van der Waals surface area contributed by atoms with Crippen LogP contribution in [0.5, 0.6) is 0 Å². The molecule has 162 valence electrons. The fourth-order valence-electron chi connectivity index (χ4n) is 3.20. The molecule has 1 saturated heterocycles. The highest BCUT2D eigenvalue weighted by molar-refractivity contribution is 9.10. The normalized spacial score (nSPS) is 14.1. The van der Waals surface area contributed by atoms with E-state index >= 15 is 0 Å². The Morgan fingerprint density at radius 3 is 2.45 bits per heavy atom. The largest absolute Gasteiger partial charge is 0.450 e. The summed E-state index contributed by atoms with van der Waals surface area (Å²) in [6, 6.07) is 11.6. The van der Waals surface area contributed by atoms with Crippen LogP contribution in [0.4, 0.5) is 4.79 Å². The average molecular weight is 505 g/mol. The Bertz CT molecular complexity index is 1080. The Kier molecular flexibility index (Phi) is 6.71. The molecule has 9 nitrogen and oxygen atoms in total. The average Bonchev–Trinajstić information content (AvgIpc) is 3.20. The lowest BCUT2D eigenvalue weighted by Gasteiger charge is -2.33. The maximum atomic E-state index is 12.6. The van der Waals surface area contributed by atoms with E-state index in [1.165, 1.54) is 11.8 Å². The number of halogens is 1. The van der Waals surface area contributed by atoms with Gasteiger partial charge < -0.3 is 14.5 Å². The molecule has 31 heavy (non-hydrogen) atoms. The van der Waals surface area contributed by atoms with E-state index in [4.69, 9.17) is 4.74 Å². The van der Waals surface area contributed by atoms with Crippen molar-refractivity contribution in [1.82, 2.24) is 29.6 Å². The highest BCUT2D eigenvalue weighted by Gasteiger charge is 2.25. The minimum absolute atomic E-state index is 0.00526. The number of ether oxygens (including phenoxy) is 1. The lowest BCUT2D eigenvalue weighted by molar-refractivity contribution is -0.129. The molecule has 1 aliphatic rings. The summed E-state index contributed by atoms with van der Waals surface area (Å²) in [5.74, 6) is 0.221. The number of benzene rings is 1. The van der Waals surface area contributed by atoms with Crippen LogP contribution in [0.2, 0.25) is 0 Å². The molecule has 3 aromatic rings. The Balaban J connectivity index is 1.39. The third kappa shape index (κ3) is 4.99. The first-order valence-corrected chi connectivity index (χ1v) is 11.6. The number of hydrogen-bond acceptors (Lipinski definition) is 7. The minimum atomic E-state index is -0.327. The molecule has 0 atom stereocenters. The zero-order chi connectivity index (χ0) is 21.8. The van der Waals surface area contributed by atoms with Gasteiger partial charge in [0, 0.05) is 36.2 Å². The van der Waals surface area contributed by atoms with E-state index in [-0.39, 0.29) is 17.8 Å². The molecule has 4 rings (SSSR count). The SMILES string of the molecule is CCOC(=O)N1CCN(C(=O)CSc2nnc3ccc(-c4ccc(Br)cc4)nn23)CC1. The van der Waals surface area contributed by atoms with Crippen molar-refractivity contribution >= 4 is 45.3 Å². The Morgan fingerprint density at radius 2 is 1.74 bits per heavy atom. The molecular weight excluding hydrogens is 484 g/mol. The highest BCUT2D eigenvalue weighted by atomic mass is 79.9. The second-order valence-corrected chi connectivity index (χ2v) is 8.69. The van der Waals surface area contributed by atoms with E-state index in [1.54, 1.807) is 21.2 Å². The first kappa shape index (κ1) is 21.6. The van der Waals surface area contributed by atoms with Crippen molar-refractivity contribution in [2.24, 2.45) is 0 Å². The second-order valence-electron chi connectivity index (χ2n) is 6.83. The van der Waals surface area contributed by atoms with Gasteiger partial charge in [-0.15, -0.1) is 10.2 Å². The van der Waals surface area contributed by atoms with Crippen molar-refractivity contribution in [3.8, 4) is 11.3 Å². The van der Waals surface area contributed by atoms with E-state index in [9.17, 15) is 9.59 Å². The molecule has 0 bridgehead atoms. The van der Waals surface area contributed by atoms with E-state index in [2.05, 4.69) is 31.2 Å². The van der Waals surface area contributed by atoms with E-state index < -0.39 is 0 Å². The molecule has 2 amide bonds. The predicted molar refractivity (Wildman–Crippen MR) is 120 cm³/mol. The fourth-order valence-corrected chi connectivity index (χ4v) is 4.26. The molecule has 0 unspecified atom stereocenters. The van der Waals surface area contributed by atoms with Gasteiger partial charge in [0.25, 0.3) is 0 Å². The van der Waals surface area contributed by atoms with Gasteiger partial charge >= 0.3 is 6.09 Å². The van der Waals surface area contributed by atoms with E-state index in [0.29, 0.717) is 43.6 Å². The van der Waals surface area contributed by atoms with Gasteiger partial charge in [-0.3, -0.25) is 4.79 Å². The van der Waals surface area contributed by atoms with Crippen LogP contribution in [0.25, 0.3) is 16.9 Å². The first-order chi connectivity index (χ1) is 15.0. The van der Waals surface area contributed by atoms with Crippen LogP contribution >= 0.6 is 27.7 Å². The maximum absolute atomic E-state index is 12.6. The van der Waals surface area contributed by atoms with Gasteiger partial charge in [-0.25, -0.2) is 4.79 Å². The minimum Gasteiger partial charge on any atom is -0.450 e. The number of nitrogens with zero attached hydrogens (tertiary/aromatic N) is 6. The zero-order valence-electron chi connectivity index (χ0n) is 16.9. The summed E-state index contributed by atoms with van der Waals surface area (Å²) in [6.45, 7) is 4.05. The maximum Gasteiger partial charge on any atom is 0.409 e. The number of carbonyl (C=O) groups excluding carboxylic acids is 2. The second kappa shape index (κ2) is 9.65. The van der Waals surface area contributed by atoms with E-state index in [0.717, 1.165) is 15.7 Å². The molecule has 2 aromatic heterocycles. The molecule has 11 heteroatoms. The number of aromatic nitrogens is 4. The Labute approximate surface area is 191 Å². The predicted octanol–water partition coefficient (Wildman–Crippen LogP) is 2.95. The lowest BCUT2D eigenvalue weighted by Crippen LogP contribution is -2.51. The van der Waals surface area contributed by atoms with Gasteiger partial charge in [0.15, 0.2) is 5.65 Å². The molecule has 3 heterocycles. The standard InChI is InChI=1S/C20H21BrN6O3S/c1-2-30-20(29)26-11-9-25(10-12-26)18(28)13-31-19-23-22-17-8-7-16(24-27(17)19)14-3-5-15(21)6-4-14/h3-8H,2,9-13H2,1H3. The van der Waals surface area contributed by atoms with Crippen molar-refractivity contribution in [3.05, 3.63) is 40.9 Å². The summed E-state index contributed by atoms with van der Waals surface area (Å²) in [5, 5.41) is 13.5. The van der Waals surface area contributed by atoms with Gasteiger partial charge in [0.2, 0.25) is 11.1 Å². The van der Waals surface area contributed by atoms with Gasteiger partial charge in [0.05, 0.1) is 18.1 Å². The topological polar surface area (TPSA) is 92.9 Å². The molecule has 1 aliphatic heterocycles. The number of carbonyl (C=O) groups is 2. The molecule has 0 N–H and O–H groups in total. The number of amides is 2. The van der Waals surface area contributed by atoms with Crippen molar-refractivity contribution in [3.63, 3.8) is 0 Å². The third-order valence-electron chi connectivity index (χ3n) is 4.86. The molecule has 0 saturated carbocycles. The van der Waals surface area contributed by atoms with Crippen LogP contribution in [0.15, 0.2) is 46.0 Å². The summed E-state index contributed by atoms with van der Waals surface area (Å²) in [7, 11) is 0. The summed E-state index contributed by atoms with van der Waals surface area (Å²) in [4.78, 5) is 27.8. The fraction of sp³-hybridized carbons (Fsp3) is 0.350. The number of thioether (sulfide) groups is 1. The van der Waals surface area contributed by atoms with Gasteiger partial charge in [-0.05, 0) is 31.2 Å². The Morgan fingerprint density at radius 1 is 1.03 bits per heavy atom. The van der Waals surface area contributed by atoms with Crippen molar-refractivity contribution < 1.29 is 14.3 Å². The molecule has 1 fully saturated rings. The third-order valence-corrected chi connectivity index (χ3v) is 6.29. The summed E-state index contributed by atoms with van der Waals surface area (Å²) in [6.07, 6.45) is -0.327. The first-order valence-electron chi connectivity index (χ1n) is 9.86. The molecular formula is C20H21BrN6O3S. The van der Waals surface area contributed by atoms with Crippen LogP contribution in [0.3, 0.4) is 0 Å². The van der Waals surface area contributed by atoms with Crippen LogP contribution in [-0.4, -0.2) is 80.2 Å². The number of rotatable bonds is 5. The van der Waals surface area contributed by atoms with Crippen LogP contribution < -0.4 is 0 Å². The number of hydrogen-bond donors (Lipinski definition) is 0. The summed E-state index contributed by atoms with van der Waals surface area (Å²) in [5.41, 5.74) is 2.40. The summed E-state index contributed by atoms with van der Waals surface area (Å²) >= 11 is 4.74. The van der Waals surface area contributed by atoms with Crippen LogP contribution in [0.1, 0.15) is 6.92 Å². The van der Waals surface area contributed by atoms with Crippen LogP contribution in [-0.2, 0) is 9.53 Å². The monoisotopic (exact) mass is 504 g/mol. The zero-order valence-corrected chi connectivity index (χ0v) is 19.3. The lowest BCUT2D eigenvalue weighted by atomic mass is 10.1. The van der Waals surface area contributed by atoms with E-state index in [1.807, 2.05) is 36.4 Å².